The minimum atomic E-state index is -2.76. The van der Waals surface area contributed by atoms with Gasteiger partial charge in [0.15, 0.2) is 0 Å². The maximum Gasteiger partial charge on any atom is 0.268 e. The molecule has 0 saturated heterocycles. The first kappa shape index (κ1) is 13.2. The van der Waals surface area contributed by atoms with Crippen LogP contribution in [0.25, 0.3) is 11.1 Å². The Hall–Kier alpha value is -1.26. The summed E-state index contributed by atoms with van der Waals surface area (Å²) in [6.07, 6.45) is -4.48. The summed E-state index contributed by atoms with van der Waals surface area (Å²) in [5.41, 5.74) is 2.15. The maximum absolute atomic E-state index is 12.3. The van der Waals surface area contributed by atoms with E-state index in [-0.39, 0.29) is 5.56 Å². The van der Waals surface area contributed by atoms with Gasteiger partial charge in [-0.1, -0.05) is 52.3 Å². The topological polar surface area (TPSA) is 20.2 Å². The van der Waals surface area contributed by atoms with Crippen molar-refractivity contribution in [2.45, 2.75) is 12.5 Å². The van der Waals surface area contributed by atoms with Crippen LogP contribution < -0.4 is 0 Å². The lowest BCUT2D eigenvalue weighted by Crippen LogP contribution is -2.07. The predicted molar refractivity (Wildman–Crippen MR) is 70.5 cm³/mol. The lowest BCUT2D eigenvalue weighted by Gasteiger charge is -2.10. The maximum atomic E-state index is 12.3. The van der Waals surface area contributed by atoms with Gasteiger partial charge in [-0.15, -0.1) is 0 Å². The molecular formula is C14H11BrF2O. The minimum absolute atomic E-state index is 0.228. The van der Waals surface area contributed by atoms with Crippen LogP contribution in [0.1, 0.15) is 11.7 Å². The zero-order chi connectivity index (χ0) is 13.1. The number of hydrogen-bond donors (Lipinski definition) is 1. The second-order valence-corrected chi connectivity index (χ2v) is 4.82. The van der Waals surface area contributed by atoms with E-state index in [0.717, 1.165) is 15.6 Å². The Labute approximate surface area is 112 Å². The van der Waals surface area contributed by atoms with E-state index in [4.69, 9.17) is 0 Å². The molecule has 0 radical (unpaired) electrons. The van der Waals surface area contributed by atoms with E-state index in [9.17, 15) is 13.9 Å². The van der Waals surface area contributed by atoms with Crippen molar-refractivity contribution >= 4 is 15.9 Å². The van der Waals surface area contributed by atoms with Gasteiger partial charge in [-0.05, 0) is 28.8 Å². The van der Waals surface area contributed by atoms with Crippen LogP contribution in [0.3, 0.4) is 0 Å². The summed E-state index contributed by atoms with van der Waals surface area (Å²) in [5.74, 6) is 0. The number of hydrogen-bond acceptors (Lipinski definition) is 1. The summed E-state index contributed by atoms with van der Waals surface area (Å²) < 4.78 is 25.6. The summed E-state index contributed by atoms with van der Waals surface area (Å²) in [7, 11) is 0. The third-order valence-corrected chi connectivity index (χ3v) is 3.20. The second-order valence-electron chi connectivity index (χ2n) is 3.91. The molecule has 2 rings (SSSR count). The largest absolute Gasteiger partial charge is 0.382 e. The van der Waals surface area contributed by atoms with Crippen molar-refractivity contribution in [3.8, 4) is 11.1 Å². The standard InChI is InChI=1S/C14H11BrF2O/c15-12-7-5-10(6-8-12)9-1-3-11(4-2-9)13(18)14(16)17/h1-8,13-14,18H. The highest BCUT2D eigenvalue weighted by Crippen LogP contribution is 2.25. The lowest BCUT2D eigenvalue weighted by atomic mass is 10.0. The zero-order valence-corrected chi connectivity index (χ0v) is 10.9. The smallest absolute Gasteiger partial charge is 0.268 e. The van der Waals surface area contributed by atoms with Gasteiger partial charge in [-0.2, -0.15) is 0 Å². The Morgan fingerprint density at radius 2 is 1.28 bits per heavy atom. The van der Waals surface area contributed by atoms with E-state index in [0.29, 0.717) is 0 Å². The molecule has 0 spiro atoms. The first-order valence-corrected chi connectivity index (χ1v) is 6.19. The van der Waals surface area contributed by atoms with Crippen molar-refractivity contribution in [1.82, 2.24) is 0 Å². The fourth-order valence-corrected chi connectivity index (χ4v) is 1.92. The molecule has 94 valence electrons. The fourth-order valence-electron chi connectivity index (χ4n) is 1.66. The van der Waals surface area contributed by atoms with Crippen molar-refractivity contribution in [1.29, 1.82) is 0 Å². The van der Waals surface area contributed by atoms with Gasteiger partial charge in [0.2, 0.25) is 0 Å². The van der Waals surface area contributed by atoms with Crippen LogP contribution in [-0.4, -0.2) is 11.5 Å². The molecule has 0 aliphatic rings. The Balaban J connectivity index is 2.24. The number of benzene rings is 2. The molecule has 1 unspecified atom stereocenters. The molecule has 2 aromatic carbocycles. The van der Waals surface area contributed by atoms with Crippen molar-refractivity contribution in [3.63, 3.8) is 0 Å². The first-order chi connectivity index (χ1) is 8.58. The summed E-state index contributed by atoms with van der Waals surface area (Å²) in [5, 5.41) is 9.24. The van der Waals surface area contributed by atoms with Crippen LogP contribution in [0.4, 0.5) is 8.78 Å². The third-order valence-electron chi connectivity index (χ3n) is 2.67. The van der Waals surface area contributed by atoms with Crippen molar-refractivity contribution in [2.75, 3.05) is 0 Å². The zero-order valence-electron chi connectivity index (χ0n) is 9.35. The van der Waals surface area contributed by atoms with E-state index >= 15 is 0 Å². The van der Waals surface area contributed by atoms with Gasteiger partial charge in [-0.3, -0.25) is 0 Å². The van der Waals surface area contributed by atoms with Crippen LogP contribution in [0.15, 0.2) is 53.0 Å². The molecule has 2 aromatic rings. The van der Waals surface area contributed by atoms with Gasteiger partial charge in [0.25, 0.3) is 6.43 Å². The highest BCUT2D eigenvalue weighted by atomic mass is 79.9. The van der Waals surface area contributed by atoms with Crippen LogP contribution in [0.2, 0.25) is 0 Å². The lowest BCUT2D eigenvalue weighted by molar-refractivity contribution is -0.00577. The Kier molecular flexibility index (Phi) is 4.09. The van der Waals surface area contributed by atoms with Crippen molar-refractivity contribution in [3.05, 3.63) is 58.6 Å². The highest BCUT2D eigenvalue weighted by Gasteiger charge is 2.18. The fraction of sp³-hybridized carbons (Fsp3) is 0.143. The van der Waals surface area contributed by atoms with Gasteiger partial charge in [-0.25, -0.2) is 8.78 Å². The first-order valence-electron chi connectivity index (χ1n) is 5.40. The Morgan fingerprint density at radius 3 is 1.72 bits per heavy atom. The average Bonchev–Trinajstić information content (AvgIpc) is 2.39. The summed E-state index contributed by atoms with van der Waals surface area (Å²) >= 11 is 3.35. The monoisotopic (exact) mass is 312 g/mol. The molecule has 18 heavy (non-hydrogen) atoms. The predicted octanol–water partition coefficient (Wildman–Crippen LogP) is 4.41. The van der Waals surface area contributed by atoms with Crippen LogP contribution >= 0.6 is 15.9 Å². The van der Waals surface area contributed by atoms with Gasteiger partial charge >= 0.3 is 0 Å². The summed E-state index contributed by atoms with van der Waals surface area (Å²) in [6, 6.07) is 14.2. The molecule has 4 heteroatoms. The minimum Gasteiger partial charge on any atom is -0.382 e. The molecule has 0 saturated carbocycles. The highest BCUT2D eigenvalue weighted by molar-refractivity contribution is 9.10. The van der Waals surface area contributed by atoms with Crippen LogP contribution in [0, 0.1) is 0 Å². The Morgan fingerprint density at radius 1 is 0.833 bits per heavy atom. The number of alkyl halides is 2. The van der Waals surface area contributed by atoms with E-state index in [2.05, 4.69) is 15.9 Å². The second kappa shape index (κ2) is 5.59. The number of aliphatic hydroxyl groups is 1. The normalized spacial score (nSPS) is 12.7. The molecule has 1 atom stereocenters. The van der Waals surface area contributed by atoms with Gasteiger partial charge in [0, 0.05) is 4.47 Å². The van der Waals surface area contributed by atoms with Crippen molar-refractivity contribution in [2.24, 2.45) is 0 Å². The summed E-state index contributed by atoms with van der Waals surface area (Å²) in [6.45, 7) is 0. The molecular weight excluding hydrogens is 302 g/mol. The molecule has 0 aliphatic carbocycles. The van der Waals surface area contributed by atoms with Gasteiger partial charge in [0.1, 0.15) is 6.10 Å². The van der Waals surface area contributed by atoms with Crippen LogP contribution in [0.5, 0.6) is 0 Å². The van der Waals surface area contributed by atoms with Gasteiger partial charge < -0.3 is 5.11 Å². The number of rotatable bonds is 3. The van der Waals surface area contributed by atoms with Crippen LogP contribution in [-0.2, 0) is 0 Å². The summed E-state index contributed by atoms with van der Waals surface area (Å²) in [4.78, 5) is 0. The van der Waals surface area contributed by atoms with Crippen molar-refractivity contribution < 1.29 is 13.9 Å². The van der Waals surface area contributed by atoms with E-state index in [1.165, 1.54) is 12.1 Å². The SMILES string of the molecule is OC(c1ccc(-c2ccc(Br)cc2)cc1)C(F)F. The molecule has 0 heterocycles. The Bertz CT molecular complexity index is 508. The molecule has 1 nitrogen and oxygen atoms in total. The quantitative estimate of drug-likeness (QED) is 0.889. The molecule has 0 bridgehead atoms. The number of halogens is 3. The molecule has 0 amide bonds. The third kappa shape index (κ3) is 2.94. The molecule has 0 aromatic heterocycles. The molecule has 1 N–H and O–H groups in total. The van der Waals surface area contributed by atoms with Gasteiger partial charge in [0.05, 0.1) is 0 Å². The average molecular weight is 313 g/mol. The number of aliphatic hydroxyl groups excluding tert-OH is 1. The van der Waals surface area contributed by atoms with E-state index < -0.39 is 12.5 Å². The van der Waals surface area contributed by atoms with E-state index in [1.54, 1.807) is 12.1 Å². The molecule has 0 fully saturated rings. The van der Waals surface area contributed by atoms with E-state index in [1.807, 2.05) is 24.3 Å². The molecule has 0 aliphatic heterocycles.